The number of ether oxygens (including phenoxy) is 4. The van der Waals surface area contributed by atoms with E-state index in [1.165, 1.54) is 5.57 Å². The average Bonchev–Trinajstić information content (AvgIpc) is 3.16. The van der Waals surface area contributed by atoms with Gasteiger partial charge in [0, 0.05) is 18.4 Å². The summed E-state index contributed by atoms with van der Waals surface area (Å²) in [5.74, 6) is 1.79. The van der Waals surface area contributed by atoms with E-state index in [0.717, 1.165) is 30.6 Å². The van der Waals surface area contributed by atoms with Gasteiger partial charge in [-0.15, -0.1) is 11.6 Å². The molecule has 1 aliphatic carbocycles. The van der Waals surface area contributed by atoms with Crippen LogP contribution in [0.1, 0.15) is 52.5 Å². The monoisotopic (exact) mass is 487 g/mol. The lowest BCUT2D eigenvalue weighted by Crippen LogP contribution is -2.27. The molecule has 34 heavy (non-hydrogen) atoms. The summed E-state index contributed by atoms with van der Waals surface area (Å²) in [6, 6.07) is 10.1. The first kappa shape index (κ1) is 28.0. The van der Waals surface area contributed by atoms with E-state index >= 15 is 0 Å². The first-order valence-electron chi connectivity index (χ1n) is 11.9. The number of methoxy groups -OCH3 is 1. The number of hydrogen-bond acceptors (Lipinski definition) is 5. The van der Waals surface area contributed by atoms with Crippen molar-refractivity contribution in [3.8, 4) is 11.8 Å². The minimum atomic E-state index is -0.467. The highest BCUT2D eigenvalue weighted by Crippen LogP contribution is 2.48. The Morgan fingerprint density at radius 1 is 1.32 bits per heavy atom. The topological polar surface area (TPSA) is 60.7 Å². The van der Waals surface area contributed by atoms with Gasteiger partial charge >= 0.3 is 0 Å². The van der Waals surface area contributed by atoms with Gasteiger partial charge in [-0.1, -0.05) is 42.9 Å². The van der Waals surface area contributed by atoms with Crippen LogP contribution in [0.15, 0.2) is 59.9 Å². The van der Waals surface area contributed by atoms with E-state index < -0.39 is 6.29 Å². The summed E-state index contributed by atoms with van der Waals surface area (Å²) in [4.78, 5) is 0. The standard InChI is InChI=1S/C28H38ClNO4/c1-6-32-22(3)34-25(19-30)8-7-9-26-27(15-17-28(26,4)16-14-21(2)18-29)33-20-23-10-12-24(31-5)13-11-23/h7-14,22,26-27H,6,15-18,20H2,1-5H3/b9-7+,21-14-,25-8+/t22?,26-,27-,28-/m1/s1. The van der Waals surface area contributed by atoms with Crippen LogP contribution in [0, 0.1) is 22.7 Å². The lowest BCUT2D eigenvalue weighted by molar-refractivity contribution is -0.0948. The second kappa shape index (κ2) is 14.2. The van der Waals surface area contributed by atoms with Crippen LogP contribution < -0.4 is 4.74 Å². The molecule has 186 valence electrons. The molecule has 0 saturated heterocycles. The fourth-order valence-electron chi connectivity index (χ4n) is 4.25. The summed E-state index contributed by atoms with van der Waals surface area (Å²) in [7, 11) is 1.66. The molecule has 0 aliphatic heterocycles. The number of nitrogens with zero attached hydrogens (tertiary/aromatic N) is 1. The van der Waals surface area contributed by atoms with Crippen molar-refractivity contribution >= 4 is 11.6 Å². The molecule has 6 heteroatoms. The molecule has 1 aromatic carbocycles. The SMILES string of the molecule is CCOC(C)O/C(C#N)=C/C=C/[C@@H]1[C@H](OCc2ccc(OC)cc2)CC[C@@]1(C)C/C=C(/C)CCl. The maximum atomic E-state index is 9.42. The second-order valence-corrected chi connectivity index (χ2v) is 9.24. The highest BCUT2D eigenvalue weighted by Gasteiger charge is 2.43. The fourth-order valence-corrected chi connectivity index (χ4v) is 4.36. The number of benzene rings is 1. The molecule has 0 aromatic heterocycles. The zero-order chi connectivity index (χ0) is 25.0. The van der Waals surface area contributed by atoms with Crippen LogP contribution in [0.2, 0.25) is 0 Å². The Balaban J connectivity index is 2.17. The number of hydrogen-bond donors (Lipinski definition) is 0. The molecule has 5 nitrogen and oxygen atoms in total. The molecule has 1 fully saturated rings. The average molecular weight is 488 g/mol. The first-order chi connectivity index (χ1) is 16.3. The number of alkyl halides is 1. The van der Waals surface area contributed by atoms with E-state index in [-0.39, 0.29) is 23.2 Å². The van der Waals surface area contributed by atoms with Crippen LogP contribution in [0.5, 0.6) is 5.75 Å². The van der Waals surface area contributed by atoms with E-state index in [1.807, 2.05) is 37.3 Å². The Hall–Kier alpha value is -2.26. The van der Waals surface area contributed by atoms with E-state index in [1.54, 1.807) is 20.1 Å². The third kappa shape index (κ3) is 8.51. The second-order valence-electron chi connectivity index (χ2n) is 8.97. The Labute approximate surface area is 210 Å². The van der Waals surface area contributed by atoms with E-state index in [9.17, 15) is 5.26 Å². The predicted octanol–water partition coefficient (Wildman–Crippen LogP) is 6.93. The lowest BCUT2D eigenvalue weighted by Gasteiger charge is -2.31. The van der Waals surface area contributed by atoms with E-state index in [0.29, 0.717) is 19.1 Å². The van der Waals surface area contributed by atoms with E-state index in [2.05, 4.69) is 32.1 Å². The Morgan fingerprint density at radius 2 is 2.06 bits per heavy atom. The Kier molecular flexibility index (Phi) is 11.7. The molecule has 0 amide bonds. The summed E-state index contributed by atoms with van der Waals surface area (Å²) in [6.07, 6.45) is 10.6. The molecule has 0 heterocycles. The molecule has 1 unspecified atom stereocenters. The van der Waals surface area contributed by atoms with Gasteiger partial charge in [0.15, 0.2) is 12.0 Å². The van der Waals surface area contributed by atoms with Gasteiger partial charge in [0.1, 0.15) is 11.8 Å². The number of halogens is 1. The fraction of sp³-hybridized carbons (Fsp3) is 0.536. The molecule has 2 rings (SSSR count). The molecule has 0 bridgehead atoms. The summed E-state index contributed by atoms with van der Waals surface area (Å²) in [5.41, 5.74) is 2.33. The molecular formula is C28H38ClNO4. The zero-order valence-electron chi connectivity index (χ0n) is 21.1. The number of allylic oxidation sites excluding steroid dienone is 5. The van der Waals surface area contributed by atoms with Crippen LogP contribution in [0.4, 0.5) is 0 Å². The van der Waals surface area contributed by atoms with Crippen LogP contribution >= 0.6 is 11.6 Å². The quantitative estimate of drug-likeness (QED) is 0.0753. The largest absolute Gasteiger partial charge is 0.497 e. The normalized spacial score (nSPS) is 24.3. The summed E-state index contributed by atoms with van der Waals surface area (Å²) < 4.78 is 22.6. The van der Waals surface area contributed by atoms with Gasteiger partial charge < -0.3 is 18.9 Å². The third-order valence-electron chi connectivity index (χ3n) is 6.33. The van der Waals surface area contributed by atoms with E-state index in [4.69, 9.17) is 30.5 Å². The molecule has 1 aromatic rings. The third-order valence-corrected chi connectivity index (χ3v) is 6.75. The molecule has 1 aliphatic rings. The van der Waals surface area contributed by atoms with Crippen LogP contribution in [-0.4, -0.2) is 32.0 Å². The summed E-state index contributed by atoms with van der Waals surface area (Å²) in [5, 5.41) is 9.42. The van der Waals surface area contributed by atoms with Crippen molar-refractivity contribution in [2.45, 2.75) is 66.0 Å². The van der Waals surface area contributed by atoms with Crippen LogP contribution in [0.3, 0.4) is 0 Å². The minimum absolute atomic E-state index is 0.0362. The van der Waals surface area contributed by atoms with Crippen molar-refractivity contribution in [1.29, 1.82) is 5.26 Å². The lowest BCUT2D eigenvalue weighted by atomic mass is 9.76. The van der Waals surface area contributed by atoms with Gasteiger partial charge in [0.2, 0.25) is 0 Å². The Bertz CT molecular complexity index is 887. The molecule has 1 saturated carbocycles. The van der Waals surface area contributed by atoms with Crippen LogP contribution in [0.25, 0.3) is 0 Å². The maximum absolute atomic E-state index is 9.42. The van der Waals surface area contributed by atoms with Gasteiger partial charge in [0.05, 0.1) is 19.8 Å². The minimum Gasteiger partial charge on any atom is -0.497 e. The maximum Gasteiger partial charge on any atom is 0.200 e. The van der Waals surface area contributed by atoms with Crippen molar-refractivity contribution < 1.29 is 18.9 Å². The van der Waals surface area contributed by atoms with Gasteiger partial charge in [-0.3, -0.25) is 0 Å². The molecule has 4 atom stereocenters. The zero-order valence-corrected chi connectivity index (χ0v) is 21.8. The molecule has 0 N–H and O–H groups in total. The first-order valence-corrected chi connectivity index (χ1v) is 12.4. The molecule has 0 spiro atoms. The van der Waals surface area contributed by atoms with Crippen molar-refractivity contribution in [1.82, 2.24) is 0 Å². The summed E-state index contributed by atoms with van der Waals surface area (Å²) in [6.45, 7) is 9.11. The molecular weight excluding hydrogens is 450 g/mol. The van der Waals surface area contributed by atoms with Gasteiger partial charge in [0.25, 0.3) is 0 Å². The van der Waals surface area contributed by atoms with Crippen molar-refractivity contribution in [3.05, 3.63) is 65.5 Å². The highest BCUT2D eigenvalue weighted by atomic mass is 35.5. The van der Waals surface area contributed by atoms with Crippen molar-refractivity contribution in [2.75, 3.05) is 19.6 Å². The van der Waals surface area contributed by atoms with Crippen LogP contribution in [-0.2, 0) is 20.8 Å². The van der Waals surface area contributed by atoms with Gasteiger partial charge in [-0.05, 0) is 69.2 Å². The highest BCUT2D eigenvalue weighted by molar-refractivity contribution is 6.19. The predicted molar refractivity (Wildman–Crippen MR) is 137 cm³/mol. The summed E-state index contributed by atoms with van der Waals surface area (Å²) >= 11 is 6.01. The Morgan fingerprint density at radius 3 is 2.68 bits per heavy atom. The smallest absolute Gasteiger partial charge is 0.200 e. The van der Waals surface area contributed by atoms with Crippen molar-refractivity contribution in [3.63, 3.8) is 0 Å². The van der Waals surface area contributed by atoms with Crippen molar-refractivity contribution in [2.24, 2.45) is 11.3 Å². The molecule has 0 radical (unpaired) electrons. The number of rotatable bonds is 13. The van der Waals surface area contributed by atoms with Gasteiger partial charge in [-0.25, -0.2) is 0 Å². The van der Waals surface area contributed by atoms with Gasteiger partial charge in [-0.2, -0.15) is 5.26 Å². The number of nitriles is 1.